The Kier molecular flexibility index (Phi) is 5.96. The number of ether oxygens (including phenoxy) is 1. The van der Waals surface area contributed by atoms with Crippen LogP contribution in [0.3, 0.4) is 0 Å². The van der Waals surface area contributed by atoms with Crippen molar-refractivity contribution >= 4 is 27.5 Å². The lowest BCUT2D eigenvalue weighted by Crippen LogP contribution is -2.32. The van der Waals surface area contributed by atoms with Crippen LogP contribution in [0, 0.1) is 21.7 Å². The smallest absolute Gasteiger partial charge is 0.308 e. The molecule has 6 nitrogen and oxygen atoms in total. The number of amides is 1. The third-order valence-corrected chi connectivity index (χ3v) is 2.88. The lowest BCUT2D eigenvalue weighted by molar-refractivity contribution is -0.387. The Balaban J connectivity index is 2.90. The number of carbonyl (C=O) groups excluding carboxylic acids is 1. The van der Waals surface area contributed by atoms with E-state index >= 15 is 0 Å². The molecule has 0 aromatic heterocycles. The van der Waals surface area contributed by atoms with Crippen LogP contribution in [0.2, 0.25) is 0 Å². The SMILES string of the molecule is COCC(Br)CNC(=O)c1cc(F)cc([N+](=O)[O-])c1F. The number of alkyl halides is 1. The summed E-state index contributed by atoms with van der Waals surface area (Å²) in [6.45, 7) is 0.391. The van der Waals surface area contributed by atoms with E-state index in [1.54, 1.807) is 0 Å². The first-order chi connectivity index (χ1) is 9.36. The van der Waals surface area contributed by atoms with Crippen LogP contribution in [0.5, 0.6) is 0 Å². The molecular formula is C11H11BrF2N2O4. The Morgan fingerprint density at radius 2 is 2.20 bits per heavy atom. The van der Waals surface area contributed by atoms with E-state index < -0.39 is 33.7 Å². The summed E-state index contributed by atoms with van der Waals surface area (Å²) in [5, 5.41) is 12.9. The van der Waals surface area contributed by atoms with Crippen molar-refractivity contribution in [1.29, 1.82) is 0 Å². The minimum Gasteiger partial charge on any atom is -0.383 e. The highest BCUT2D eigenvalue weighted by molar-refractivity contribution is 9.09. The number of nitro benzene ring substituents is 1. The van der Waals surface area contributed by atoms with Crippen molar-refractivity contribution in [3.05, 3.63) is 39.4 Å². The number of halogens is 3. The largest absolute Gasteiger partial charge is 0.383 e. The fourth-order valence-corrected chi connectivity index (χ4v) is 1.84. The second-order valence-corrected chi connectivity index (χ2v) is 5.10. The van der Waals surface area contributed by atoms with Crippen LogP contribution in [-0.4, -0.2) is 35.9 Å². The minimum absolute atomic E-state index is 0.0937. The number of methoxy groups -OCH3 is 1. The maximum Gasteiger partial charge on any atom is 0.308 e. The van der Waals surface area contributed by atoms with Gasteiger partial charge in [-0.05, 0) is 6.07 Å². The normalized spacial score (nSPS) is 12.0. The molecule has 0 bridgehead atoms. The Bertz CT molecular complexity index is 527. The molecule has 1 rings (SSSR count). The Hall–Kier alpha value is -1.61. The van der Waals surface area contributed by atoms with Crippen LogP contribution in [0.15, 0.2) is 12.1 Å². The number of nitro groups is 1. The predicted molar refractivity (Wildman–Crippen MR) is 69.9 cm³/mol. The molecule has 0 saturated carbocycles. The summed E-state index contributed by atoms with van der Waals surface area (Å²) >= 11 is 3.19. The van der Waals surface area contributed by atoms with E-state index in [0.29, 0.717) is 18.7 Å². The quantitative estimate of drug-likeness (QED) is 0.482. The number of benzene rings is 1. The third kappa shape index (κ3) is 4.20. The van der Waals surface area contributed by atoms with Crippen molar-refractivity contribution in [3.8, 4) is 0 Å². The summed E-state index contributed by atoms with van der Waals surface area (Å²) in [5.74, 6) is -3.37. The standard InChI is InChI=1S/C11H11BrF2N2O4/c1-20-5-6(12)4-15-11(17)8-2-7(13)3-9(10(8)14)16(18)19/h2-3,6H,4-5H2,1H3,(H,15,17). The van der Waals surface area contributed by atoms with E-state index in [-0.39, 0.29) is 11.4 Å². The van der Waals surface area contributed by atoms with Gasteiger partial charge >= 0.3 is 5.69 Å². The Morgan fingerprint density at radius 1 is 1.55 bits per heavy atom. The van der Waals surface area contributed by atoms with Gasteiger partial charge in [-0.15, -0.1) is 0 Å². The molecule has 1 aromatic carbocycles. The maximum atomic E-state index is 13.7. The molecule has 110 valence electrons. The minimum atomic E-state index is -1.37. The summed E-state index contributed by atoms with van der Waals surface area (Å²) in [4.78, 5) is 20.9. The molecule has 0 aliphatic heterocycles. The van der Waals surface area contributed by atoms with Gasteiger partial charge in [-0.1, -0.05) is 15.9 Å². The van der Waals surface area contributed by atoms with Crippen molar-refractivity contribution in [2.45, 2.75) is 4.83 Å². The van der Waals surface area contributed by atoms with E-state index in [9.17, 15) is 23.7 Å². The van der Waals surface area contributed by atoms with Crippen LogP contribution < -0.4 is 5.32 Å². The van der Waals surface area contributed by atoms with Gasteiger partial charge < -0.3 is 10.1 Å². The maximum absolute atomic E-state index is 13.7. The van der Waals surface area contributed by atoms with Gasteiger partial charge in [0, 0.05) is 13.7 Å². The third-order valence-electron chi connectivity index (χ3n) is 2.29. The fourth-order valence-electron chi connectivity index (χ4n) is 1.41. The Labute approximate surface area is 121 Å². The second kappa shape index (κ2) is 7.25. The summed E-state index contributed by atoms with van der Waals surface area (Å²) in [6, 6.07) is 1.03. The topological polar surface area (TPSA) is 81.5 Å². The van der Waals surface area contributed by atoms with E-state index in [2.05, 4.69) is 21.2 Å². The van der Waals surface area contributed by atoms with Gasteiger partial charge in [0.1, 0.15) is 5.82 Å². The summed E-state index contributed by atoms with van der Waals surface area (Å²) in [6.07, 6.45) is 0. The van der Waals surface area contributed by atoms with Crippen LogP contribution in [0.4, 0.5) is 14.5 Å². The molecule has 9 heteroatoms. The van der Waals surface area contributed by atoms with Gasteiger partial charge in [0.25, 0.3) is 5.91 Å². The predicted octanol–water partition coefficient (Wildman–Crippen LogP) is 2.01. The average molecular weight is 353 g/mol. The number of hydrogen-bond acceptors (Lipinski definition) is 4. The van der Waals surface area contributed by atoms with E-state index in [4.69, 9.17) is 4.74 Å². The van der Waals surface area contributed by atoms with Crippen LogP contribution in [0.1, 0.15) is 10.4 Å². The first-order valence-electron chi connectivity index (χ1n) is 5.41. The first-order valence-corrected chi connectivity index (χ1v) is 6.33. The zero-order valence-electron chi connectivity index (χ0n) is 10.4. The molecule has 1 amide bonds. The monoisotopic (exact) mass is 352 g/mol. The number of carbonyl (C=O) groups is 1. The average Bonchev–Trinajstić information content (AvgIpc) is 2.38. The zero-order chi connectivity index (χ0) is 15.3. The zero-order valence-corrected chi connectivity index (χ0v) is 11.9. The summed E-state index contributed by atoms with van der Waals surface area (Å²) < 4.78 is 31.7. The molecule has 1 aromatic rings. The van der Waals surface area contributed by atoms with Crippen molar-refractivity contribution < 1.29 is 23.2 Å². The molecular weight excluding hydrogens is 342 g/mol. The Morgan fingerprint density at radius 3 is 2.75 bits per heavy atom. The highest BCUT2D eigenvalue weighted by atomic mass is 79.9. The van der Waals surface area contributed by atoms with Gasteiger partial charge in [-0.25, -0.2) is 4.39 Å². The number of hydrogen-bond donors (Lipinski definition) is 1. The molecule has 0 radical (unpaired) electrons. The van der Waals surface area contributed by atoms with Crippen molar-refractivity contribution in [2.24, 2.45) is 0 Å². The van der Waals surface area contributed by atoms with E-state index in [0.717, 1.165) is 0 Å². The number of nitrogens with zero attached hydrogens (tertiary/aromatic N) is 1. The van der Waals surface area contributed by atoms with Crippen molar-refractivity contribution in [2.75, 3.05) is 20.3 Å². The molecule has 1 N–H and O–H groups in total. The lowest BCUT2D eigenvalue weighted by atomic mass is 10.1. The van der Waals surface area contributed by atoms with E-state index in [1.807, 2.05) is 0 Å². The highest BCUT2D eigenvalue weighted by Crippen LogP contribution is 2.22. The molecule has 0 saturated heterocycles. The molecule has 0 aliphatic rings. The van der Waals surface area contributed by atoms with Gasteiger partial charge in [0.15, 0.2) is 0 Å². The van der Waals surface area contributed by atoms with Gasteiger partial charge in [0.2, 0.25) is 5.82 Å². The molecule has 1 unspecified atom stereocenters. The molecule has 0 heterocycles. The van der Waals surface area contributed by atoms with Crippen LogP contribution in [0.25, 0.3) is 0 Å². The first kappa shape index (κ1) is 16.4. The van der Waals surface area contributed by atoms with Gasteiger partial charge in [-0.2, -0.15) is 4.39 Å². The molecule has 20 heavy (non-hydrogen) atoms. The molecule has 0 aliphatic carbocycles. The van der Waals surface area contributed by atoms with E-state index in [1.165, 1.54) is 7.11 Å². The number of rotatable bonds is 6. The summed E-state index contributed by atoms with van der Waals surface area (Å²) in [7, 11) is 1.46. The highest BCUT2D eigenvalue weighted by Gasteiger charge is 2.24. The molecule has 0 fully saturated rings. The van der Waals surface area contributed by atoms with Crippen LogP contribution >= 0.6 is 15.9 Å². The molecule has 1 atom stereocenters. The van der Waals surface area contributed by atoms with Gasteiger partial charge in [0.05, 0.1) is 28.0 Å². The second-order valence-electron chi connectivity index (χ2n) is 3.81. The fraction of sp³-hybridized carbons (Fsp3) is 0.364. The number of nitrogens with one attached hydrogen (secondary N) is 1. The van der Waals surface area contributed by atoms with Gasteiger partial charge in [-0.3, -0.25) is 14.9 Å². The summed E-state index contributed by atoms with van der Waals surface area (Å²) in [5.41, 5.74) is -1.80. The van der Waals surface area contributed by atoms with Crippen molar-refractivity contribution in [1.82, 2.24) is 5.32 Å². The molecule has 0 spiro atoms. The van der Waals surface area contributed by atoms with Crippen molar-refractivity contribution in [3.63, 3.8) is 0 Å². The van der Waals surface area contributed by atoms with Crippen LogP contribution in [-0.2, 0) is 4.74 Å². The lowest BCUT2D eigenvalue weighted by Gasteiger charge is -2.10.